The van der Waals surface area contributed by atoms with Crippen LogP contribution in [0.2, 0.25) is 0 Å². The summed E-state index contributed by atoms with van der Waals surface area (Å²) in [5.74, 6) is 1.80. The molecule has 0 amide bonds. The van der Waals surface area contributed by atoms with Gasteiger partial charge >= 0.3 is 0 Å². The summed E-state index contributed by atoms with van der Waals surface area (Å²) in [7, 11) is 0. The van der Waals surface area contributed by atoms with E-state index in [1.54, 1.807) is 0 Å². The van der Waals surface area contributed by atoms with Crippen LogP contribution in [0.3, 0.4) is 0 Å². The van der Waals surface area contributed by atoms with E-state index in [0.29, 0.717) is 13.2 Å². The first-order valence-corrected chi connectivity index (χ1v) is 6.24. The number of benzene rings is 1. The summed E-state index contributed by atoms with van der Waals surface area (Å²) in [5, 5.41) is 3.38. The Kier molecular flexibility index (Phi) is 3.01. The molecule has 3 heteroatoms. The van der Waals surface area contributed by atoms with Crippen LogP contribution in [-0.4, -0.2) is 26.3 Å². The van der Waals surface area contributed by atoms with E-state index in [1.165, 1.54) is 17.6 Å². The van der Waals surface area contributed by atoms with E-state index < -0.39 is 0 Å². The van der Waals surface area contributed by atoms with Gasteiger partial charge in [0.15, 0.2) is 11.5 Å². The zero-order chi connectivity index (χ0) is 11.5. The van der Waals surface area contributed by atoms with Crippen molar-refractivity contribution in [2.24, 2.45) is 0 Å². The van der Waals surface area contributed by atoms with Gasteiger partial charge in [-0.15, -0.1) is 0 Å². The van der Waals surface area contributed by atoms with Crippen LogP contribution in [-0.2, 0) is 0 Å². The lowest BCUT2D eigenvalue weighted by Gasteiger charge is -2.21. The maximum absolute atomic E-state index is 5.76. The van der Waals surface area contributed by atoms with Gasteiger partial charge in [-0.1, -0.05) is 18.2 Å². The van der Waals surface area contributed by atoms with Crippen molar-refractivity contribution in [2.75, 3.05) is 26.3 Å². The first-order chi connectivity index (χ1) is 8.45. The van der Waals surface area contributed by atoms with Crippen molar-refractivity contribution < 1.29 is 9.47 Å². The largest absolute Gasteiger partial charge is 0.486 e. The zero-order valence-corrected chi connectivity index (χ0v) is 9.87. The molecule has 0 saturated carbocycles. The Morgan fingerprint density at radius 2 is 2.06 bits per heavy atom. The first-order valence-electron chi connectivity index (χ1n) is 6.24. The van der Waals surface area contributed by atoms with Gasteiger partial charge in [-0.2, -0.15) is 0 Å². The molecular formula is C14H17NO2. The molecule has 1 aromatic carbocycles. The maximum Gasteiger partial charge on any atom is 0.168 e. The van der Waals surface area contributed by atoms with Crippen molar-refractivity contribution in [3.8, 4) is 11.5 Å². The molecule has 2 aliphatic rings. The molecule has 0 aromatic heterocycles. The van der Waals surface area contributed by atoms with Crippen LogP contribution in [0, 0.1) is 0 Å². The van der Waals surface area contributed by atoms with Crippen molar-refractivity contribution in [1.29, 1.82) is 0 Å². The fourth-order valence-corrected chi connectivity index (χ4v) is 2.37. The molecule has 3 nitrogen and oxygen atoms in total. The van der Waals surface area contributed by atoms with Crippen molar-refractivity contribution >= 4 is 5.57 Å². The molecule has 90 valence electrons. The second kappa shape index (κ2) is 4.80. The van der Waals surface area contributed by atoms with Gasteiger partial charge in [0.2, 0.25) is 0 Å². The van der Waals surface area contributed by atoms with E-state index in [-0.39, 0.29) is 0 Å². The van der Waals surface area contributed by atoms with Crippen LogP contribution in [0.1, 0.15) is 18.4 Å². The van der Waals surface area contributed by atoms with E-state index in [9.17, 15) is 0 Å². The number of allylic oxidation sites excluding steroid dienone is 1. The van der Waals surface area contributed by atoms with Crippen LogP contribution in [0.5, 0.6) is 11.5 Å². The highest BCUT2D eigenvalue weighted by molar-refractivity contribution is 5.73. The Morgan fingerprint density at radius 1 is 1.12 bits per heavy atom. The minimum Gasteiger partial charge on any atom is -0.486 e. The molecule has 1 N–H and O–H groups in total. The molecule has 2 heterocycles. The minimum atomic E-state index is 0.648. The number of hydrogen-bond donors (Lipinski definition) is 1. The third-order valence-electron chi connectivity index (χ3n) is 3.20. The van der Waals surface area contributed by atoms with Crippen molar-refractivity contribution in [2.45, 2.75) is 12.8 Å². The predicted molar refractivity (Wildman–Crippen MR) is 67.5 cm³/mol. The lowest BCUT2D eigenvalue weighted by Crippen LogP contribution is -2.16. The SMILES string of the molecule is C1=C(c2cccc3c2OCCO3)CCCNC1. The second-order valence-corrected chi connectivity index (χ2v) is 4.37. The minimum absolute atomic E-state index is 0.648. The van der Waals surface area contributed by atoms with Crippen molar-refractivity contribution in [3.05, 3.63) is 29.8 Å². The summed E-state index contributed by atoms with van der Waals surface area (Å²) in [6.45, 7) is 3.33. The number of nitrogens with one attached hydrogen (secondary N) is 1. The fraction of sp³-hybridized carbons (Fsp3) is 0.429. The average molecular weight is 231 g/mol. The van der Waals surface area contributed by atoms with Crippen molar-refractivity contribution in [1.82, 2.24) is 5.32 Å². The highest BCUT2D eigenvalue weighted by atomic mass is 16.6. The molecule has 2 aliphatic heterocycles. The van der Waals surface area contributed by atoms with E-state index in [4.69, 9.17) is 9.47 Å². The number of hydrogen-bond acceptors (Lipinski definition) is 3. The summed E-state index contributed by atoms with van der Waals surface area (Å²) in [6, 6.07) is 6.15. The highest BCUT2D eigenvalue weighted by Crippen LogP contribution is 2.38. The summed E-state index contributed by atoms with van der Waals surface area (Å²) in [4.78, 5) is 0. The molecule has 0 bridgehead atoms. The molecule has 0 atom stereocenters. The van der Waals surface area contributed by atoms with Gasteiger partial charge in [-0.3, -0.25) is 0 Å². The van der Waals surface area contributed by atoms with E-state index >= 15 is 0 Å². The molecule has 0 fully saturated rings. The molecule has 1 aromatic rings. The summed E-state index contributed by atoms with van der Waals surface area (Å²) < 4.78 is 11.4. The third kappa shape index (κ3) is 2.15. The summed E-state index contributed by atoms with van der Waals surface area (Å²) >= 11 is 0. The van der Waals surface area contributed by atoms with Crippen LogP contribution in [0.15, 0.2) is 24.3 Å². The predicted octanol–water partition coefficient (Wildman–Crippen LogP) is 2.22. The van der Waals surface area contributed by atoms with Gasteiger partial charge in [0, 0.05) is 12.1 Å². The molecule has 3 rings (SSSR count). The normalized spacial score (nSPS) is 19.4. The number of ether oxygens (including phenoxy) is 2. The Labute approximate surface area is 101 Å². The zero-order valence-electron chi connectivity index (χ0n) is 9.87. The molecular weight excluding hydrogens is 214 g/mol. The van der Waals surface area contributed by atoms with Crippen LogP contribution < -0.4 is 14.8 Å². The van der Waals surface area contributed by atoms with E-state index in [1.807, 2.05) is 12.1 Å². The van der Waals surface area contributed by atoms with Gasteiger partial charge in [-0.05, 0) is 31.0 Å². The summed E-state index contributed by atoms with van der Waals surface area (Å²) in [6.07, 6.45) is 4.55. The quantitative estimate of drug-likeness (QED) is 0.804. The monoisotopic (exact) mass is 231 g/mol. The molecule has 0 unspecified atom stereocenters. The van der Waals surface area contributed by atoms with Gasteiger partial charge in [-0.25, -0.2) is 0 Å². The second-order valence-electron chi connectivity index (χ2n) is 4.37. The molecule has 0 saturated heterocycles. The topological polar surface area (TPSA) is 30.5 Å². The van der Waals surface area contributed by atoms with Crippen LogP contribution >= 0.6 is 0 Å². The lowest BCUT2D eigenvalue weighted by molar-refractivity contribution is 0.171. The molecule has 0 spiro atoms. The third-order valence-corrected chi connectivity index (χ3v) is 3.20. The first kappa shape index (κ1) is 10.7. The Morgan fingerprint density at radius 3 is 3.06 bits per heavy atom. The van der Waals surface area contributed by atoms with Crippen LogP contribution in [0.25, 0.3) is 5.57 Å². The van der Waals surface area contributed by atoms with E-state index in [0.717, 1.165) is 31.0 Å². The maximum atomic E-state index is 5.76. The fourth-order valence-electron chi connectivity index (χ4n) is 2.37. The van der Waals surface area contributed by atoms with Crippen LogP contribution in [0.4, 0.5) is 0 Å². The number of rotatable bonds is 1. The Bertz CT molecular complexity index is 440. The van der Waals surface area contributed by atoms with E-state index in [2.05, 4.69) is 17.5 Å². The summed E-state index contributed by atoms with van der Waals surface area (Å²) in [5.41, 5.74) is 2.57. The smallest absolute Gasteiger partial charge is 0.168 e. The van der Waals surface area contributed by atoms with Gasteiger partial charge in [0.1, 0.15) is 13.2 Å². The molecule has 0 aliphatic carbocycles. The number of para-hydroxylation sites is 1. The van der Waals surface area contributed by atoms with Gasteiger partial charge < -0.3 is 14.8 Å². The molecule has 17 heavy (non-hydrogen) atoms. The Hall–Kier alpha value is -1.48. The number of fused-ring (bicyclic) bond motifs is 1. The van der Waals surface area contributed by atoms with Gasteiger partial charge in [0.25, 0.3) is 0 Å². The molecule has 0 radical (unpaired) electrons. The lowest BCUT2D eigenvalue weighted by atomic mass is 9.99. The average Bonchev–Trinajstić information content (AvgIpc) is 2.67. The van der Waals surface area contributed by atoms with Gasteiger partial charge in [0.05, 0.1) is 0 Å². The standard InChI is InChI=1S/C14H17NO2/c1-4-12(11-3-2-7-15-8-6-11)14-13(5-1)16-9-10-17-14/h1,4-6,15H,2-3,7-10H2. The highest BCUT2D eigenvalue weighted by Gasteiger charge is 2.18. The van der Waals surface area contributed by atoms with Crippen molar-refractivity contribution in [3.63, 3.8) is 0 Å². The Balaban J connectivity index is 1.99.